The second kappa shape index (κ2) is 15.3. The second-order valence-corrected chi connectivity index (χ2v) is 11.7. The minimum absolute atomic E-state index is 0.0525. The molecule has 2 N–H and O–H groups in total. The number of carboxylic acid groups (broad SMARTS) is 1. The van der Waals surface area contributed by atoms with Gasteiger partial charge in [0.2, 0.25) is 5.91 Å². The molecule has 212 valence electrons. The van der Waals surface area contributed by atoms with Gasteiger partial charge < -0.3 is 15.2 Å². The van der Waals surface area contributed by atoms with Gasteiger partial charge in [0.1, 0.15) is 12.3 Å². The lowest BCUT2D eigenvalue weighted by molar-refractivity contribution is -0.192. The Kier molecular flexibility index (Phi) is 12.5. The van der Waals surface area contributed by atoms with Gasteiger partial charge in [0, 0.05) is 22.8 Å². The molecule has 1 aliphatic rings. The molecule has 9 nitrogen and oxygen atoms in total. The molecule has 0 unspecified atom stereocenters. The summed E-state index contributed by atoms with van der Waals surface area (Å²) in [7, 11) is -3.51. The van der Waals surface area contributed by atoms with Crippen LogP contribution in [0, 0.1) is 23.2 Å². The lowest BCUT2D eigenvalue weighted by atomic mass is 9.80. The average molecular weight is 588 g/mol. The molecule has 0 radical (unpaired) electrons. The molecular weight excluding hydrogens is 559 g/mol. The summed E-state index contributed by atoms with van der Waals surface area (Å²) in [5, 5.41) is 18.4. The van der Waals surface area contributed by atoms with E-state index in [1.165, 1.54) is 0 Å². The molecule has 39 heavy (non-hydrogen) atoms. The van der Waals surface area contributed by atoms with Crippen molar-refractivity contribution in [2.24, 2.45) is 11.8 Å². The molecule has 1 saturated carbocycles. The SMILES string of the molecule is N#CCNC(=O)[C@@H]1CCCC[C@H]1CS(=O)(=O)c1ccc(SCCOc2cccnc2)cc1.O=C(O)C(F)(F)F. The Morgan fingerprint density at radius 3 is 2.44 bits per heavy atom. The van der Waals surface area contributed by atoms with Crippen molar-refractivity contribution < 1.29 is 41.0 Å². The van der Waals surface area contributed by atoms with Crippen LogP contribution >= 0.6 is 11.8 Å². The molecule has 0 spiro atoms. The number of amides is 1. The number of ether oxygens (including phenoxy) is 1. The monoisotopic (exact) mass is 587 g/mol. The summed E-state index contributed by atoms with van der Waals surface area (Å²) in [5.41, 5.74) is 0. The predicted octanol–water partition coefficient (Wildman–Crippen LogP) is 4.11. The number of sulfone groups is 1. The number of hydrogen-bond donors (Lipinski definition) is 2. The van der Waals surface area contributed by atoms with Crippen LogP contribution in [0.15, 0.2) is 58.6 Å². The first kappa shape index (κ1) is 31.9. The smallest absolute Gasteiger partial charge is 0.490 e. The largest absolute Gasteiger partial charge is 0.491 e. The molecule has 0 bridgehead atoms. The van der Waals surface area contributed by atoms with Crippen LogP contribution in [0.25, 0.3) is 0 Å². The number of nitriles is 1. The maximum atomic E-state index is 13.0. The van der Waals surface area contributed by atoms with Gasteiger partial charge in [-0.2, -0.15) is 18.4 Å². The van der Waals surface area contributed by atoms with E-state index in [0.717, 1.165) is 29.2 Å². The van der Waals surface area contributed by atoms with E-state index in [1.54, 1.807) is 48.4 Å². The summed E-state index contributed by atoms with van der Waals surface area (Å²) in [4.78, 5) is 26.5. The number of hydrogen-bond acceptors (Lipinski definition) is 8. The van der Waals surface area contributed by atoms with Crippen molar-refractivity contribution in [2.45, 2.75) is 41.7 Å². The molecule has 0 aliphatic heterocycles. The van der Waals surface area contributed by atoms with Crippen molar-refractivity contribution in [3.63, 3.8) is 0 Å². The summed E-state index contributed by atoms with van der Waals surface area (Å²) in [6, 6.07) is 12.4. The lowest BCUT2D eigenvalue weighted by Gasteiger charge is -2.30. The number of halogens is 3. The summed E-state index contributed by atoms with van der Waals surface area (Å²) >= 11 is 1.59. The number of carboxylic acids is 1. The summed E-state index contributed by atoms with van der Waals surface area (Å²) in [6.07, 6.45) is 1.45. The Morgan fingerprint density at radius 1 is 1.18 bits per heavy atom. The van der Waals surface area contributed by atoms with Gasteiger partial charge in [0.25, 0.3) is 0 Å². The van der Waals surface area contributed by atoms with Crippen molar-refractivity contribution >= 4 is 33.5 Å². The zero-order chi connectivity index (χ0) is 28.9. The zero-order valence-corrected chi connectivity index (χ0v) is 22.4. The Hall–Kier alpha value is -3.31. The van der Waals surface area contributed by atoms with E-state index in [4.69, 9.17) is 19.9 Å². The average Bonchev–Trinajstić information content (AvgIpc) is 2.90. The van der Waals surface area contributed by atoms with Crippen LogP contribution in [0.1, 0.15) is 25.7 Å². The number of carbonyl (C=O) groups excluding carboxylic acids is 1. The molecule has 1 fully saturated rings. The highest BCUT2D eigenvalue weighted by atomic mass is 32.2. The van der Waals surface area contributed by atoms with Gasteiger partial charge in [-0.05, 0) is 55.2 Å². The predicted molar refractivity (Wildman–Crippen MR) is 137 cm³/mol. The molecule has 0 saturated heterocycles. The number of pyridine rings is 1. The Labute approximate surface area is 228 Å². The van der Waals surface area contributed by atoms with Crippen LogP contribution in [0.3, 0.4) is 0 Å². The van der Waals surface area contributed by atoms with Crippen LogP contribution in [0.2, 0.25) is 0 Å². The van der Waals surface area contributed by atoms with Gasteiger partial charge in [0.15, 0.2) is 9.84 Å². The van der Waals surface area contributed by atoms with Crippen molar-refractivity contribution in [1.29, 1.82) is 5.26 Å². The van der Waals surface area contributed by atoms with E-state index in [1.807, 2.05) is 18.2 Å². The van der Waals surface area contributed by atoms with Gasteiger partial charge in [0.05, 0.1) is 29.5 Å². The fourth-order valence-electron chi connectivity index (χ4n) is 3.88. The maximum absolute atomic E-state index is 13.0. The van der Waals surface area contributed by atoms with Crippen molar-refractivity contribution in [1.82, 2.24) is 10.3 Å². The summed E-state index contributed by atoms with van der Waals surface area (Å²) in [5.74, 6) is -2.17. The quantitative estimate of drug-likeness (QED) is 0.238. The van der Waals surface area contributed by atoms with Gasteiger partial charge in [-0.25, -0.2) is 13.2 Å². The standard InChI is InChI=1S/C23H27N3O4S2.C2HF3O2/c24-11-13-26-23(27)22-6-2-1-4-18(22)17-32(28,29)21-9-7-20(8-10-21)31-15-14-30-19-5-3-12-25-16-19;3-2(4,5)1(6)7/h3,5,7-10,12,16,18,22H,1-2,4,6,13-15,17H2,(H,26,27);(H,6,7)/t18-,22+;/m0./s1. The number of nitrogens with zero attached hydrogens (tertiary/aromatic N) is 2. The van der Waals surface area contributed by atoms with Crippen LogP contribution in [-0.2, 0) is 19.4 Å². The van der Waals surface area contributed by atoms with Crippen LogP contribution in [0.5, 0.6) is 5.75 Å². The van der Waals surface area contributed by atoms with Gasteiger partial charge in [-0.3, -0.25) is 9.78 Å². The molecule has 1 aliphatic carbocycles. The second-order valence-electron chi connectivity index (χ2n) is 8.47. The Balaban J connectivity index is 0.000000673. The van der Waals surface area contributed by atoms with E-state index < -0.39 is 22.0 Å². The van der Waals surface area contributed by atoms with Crippen LogP contribution in [0.4, 0.5) is 13.2 Å². The number of alkyl halides is 3. The van der Waals surface area contributed by atoms with Crippen LogP contribution < -0.4 is 10.1 Å². The highest BCUT2D eigenvalue weighted by Gasteiger charge is 2.38. The van der Waals surface area contributed by atoms with E-state index in [2.05, 4.69) is 10.3 Å². The van der Waals surface area contributed by atoms with Gasteiger partial charge in [-0.1, -0.05) is 12.8 Å². The molecular formula is C25H28F3N3O6S2. The molecule has 1 amide bonds. The molecule has 1 heterocycles. The highest BCUT2D eigenvalue weighted by Crippen LogP contribution is 2.33. The Bertz CT molecular complexity index is 1220. The van der Waals surface area contributed by atoms with Gasteiger partial charge in [-0.15, -0.1) is 11.8 Å². The highest BCUT2D eigenvalue weighted by molar-refractivity contribution is 7.99. The van der Waals surface area contributed by atoms with Crippen molar-refractivity contribution in [3.8, 4) is 11.8 Å². The fraction of sp³-hybridized carbons (Fsp3) is 0.440. The molecule has 2 aromatic rings. The minimum atomic E-state index is -5.08. The number of aliphatic carboxylic acids is 1. The number of thioether (sulfide) groups is 1. The third-order valence-electron chi connectivity index (χ3n) is 5.70. The van der Waals surface area contributed by atoms with Crippen LogP contribution in [-0.4, -0.2) is 61.2 Å². The Morgan fingerprint density at radius 2 is 1.85 bits per heavy atom. The van der Waals surface area contributed by atoms with E-state index >= 15 is 0 Å². The molecule has 1 aromatic heterocycles. The zero-order valence-electron chi connectivity index (χ0n) is 20.8. The third-order valence-corrected chi connectivity index (χ3v) is 8.54. The maximum Gasteiger partial charge on any atom is 0.490 e. The van der Waals surface area contributed by atoms with E-state index in [-0.39, 0.29) is 34.9 Å². The number of nitrogens with one attached hydrogen (secondary N) is 1. The minimum Gasteiger partial charge on any atom is -0.491 e. The first-order valence-electron chi connectivity index (χ1n) is 11.9. The van der Waals surface area contributed by atoms with E-state index in [0.29, 0.717) is 19.4 Å². The number of rotatable bonds is 10. The molecule has 1 aromatic carbocycles. The van der Waals surface area contributed by atoms with E-state index in [9.17, 15) is 26.4 Å². The number of benzene rings is 1. The first-order chi connectivity index (χ1) is 18.4. The first-order valence-corrected chi connectivity index (χ1v) is 14.5. The topological polar surface area (TPSA) is 146 Å². The molecule has 3 rings (SSSR count). The summed E-state index contributed by atoms with van der Waals surface area (Å²) in [6.45, 7) is 0.467. The number of carbonyl (C=O) groups is 2. The van der Waals surface area contributed by atoms with Crippen molar-refractivity contribution in [2.75, 3.05) is 24.7 Å². The molecule has 2 atom stereocenters. The normalized spacial score (nSPS) is 17.2. The molecule has 14 heteroatoms. The number of aromatic nitrogens is 1. The van der Waals surface area contributed by atoms with Gasteiger partial charge >= 0.3 is 12.1 Å². The van der Waals surface area contributed by atoms with Crippen molar-refractivity contribution in [3.05, 3.63) is 48.8 Å². The lowest BCUT2D eigenvalue weighted by Crippen LogP contribution is -2.39. The summed E-state index contributed by atoms with van der Waals surface area (Å²) < 4.78 is 63.3. The third kappa shape index (κ3) is 11.1. The fourth-order valence-corrected chi connectivity index (χ4v) is 6.32.